The molecule has 1 fully saturated rings. The van der Waals surface area contributed by atoms with Crippen LogP contribution < -0.4 is 10.2 Å². The van der Waals surface area contributed by atoms with Crippen molar-refractivity contribution in [1.29, 1.82) is 0 Å². The number of amides is 1. The number of morpholine rings is 1. The fourth-order valence-corrected chi connectivity index (χ4v) is 3.10. The van der Waals surface area contributed by atoms with Gasteiger partial charge in [-0.3, -0.25) is 4.79 Å². The van der Waals surface area contributed by atoms with Crippen molar-refractivity contribution < 1.29 is 14.4 Å². The summed E-state index contributed by atoms with van der Waals surface area (Å²) in [6.07, 6.45) is 0. The summed E-state index contributed by atoms with van der Waals surface area (Å²) in [5.41, 5.74) is 5.01. The topological polar surface area (TPSA) is 42.8 Å². The van der Waals surface area contributed by atoms with Gasteiger partial charge < -0.3 is 15.0 Å². The Hall–Kier alpha value is -2.17. The Morgan fingerprint density at radius 1 is 1.08 bits per heavy atom. The lowest BCUT2D eigenvalue weighted by Gasteiger charge is -2.23. The molecule has 0 bridgehead atoms. The first kappa shape index (κ1) is 16.7. The molecule has 1 heterocycles. The summed E-state index contributed by atoms with van der Waals surface area (Å²) < 4.78 is 5.39. The Balaban J connectivity index is 1.62. The minimum Gasteiger partial charge on any atom is -0.370 e. The minimum atomic E-state index is -0.0564. The smallest absolute Gasteiger partial charge is 0.255 e. The molecule has 1 amide bonds. The highest BCUT2D eigenvalue weighted by molar-refractivity contribution is 6.05. The molecule has 1 saturated heterocycles. The fourth-order valence-electron chi connectivity index (χ4n) is 3.10. The molecular weight excluding hydrogens is 300 g/mol. The van der Waals surface area contributed by atoms with Crippen molar-refractivity contribution >= 4 is 11.6 Å². The van der Waals surface area contributed by atoms with Crippen LogP contribution in [0.4, 0.5) is 5.69 Å². The van der Waals surface area contributed by atoms with E-state index in [1.807, 2.05) is 44.2 Å². The lowest BCUT2D eigenvalue weighted by molar-refractivity contribution is -0.921. The maximum absolute atomic E-state index is 12.4. The van der Waals surface area contributed by atoms with Gasteiger partial charge in [0.05, 0.1) is 13.2 Å². The number of nitrogens with one attached hydrogen (secondary N) is 2. The van der Waals surface area contributed by atoms with Crippen LogP contribution in [0.1, 0.15) is 27.0 Å². The van der Waals surface area contributed by atoms with Crippen molar-refractivity contribution in [2.24, 2.45) is 0 Å². The number of anilines is 1. The number of benzene rings is 2. The molecule has 4 heteroatoms. The first-order chi connectivity index (χ1) is 11.6. The van der Waals surface area contributed by atoms with Crippen molar-refractivity contribution in [3.63, 3.8) is 0 Å². The third-order valence-corrected chi connectivity index (χ3v) is 4.49. The second kappa shape index (κ2) is 7.60. The summed E-state index contributed by atoms with van der Waals surface area (Å²) in [5.74, 6) is -0.0564. The second-order valence-electron chi connectivity index (χ2n) is 6.51. The van der Waals surface area contributed by atoms with Crippen LogP contribution in [0.25, 0.3) is 0 Å². The molecule has 126 valence electrons. The molecule has 0 radical (unpaired) electrons. The quantitative estimate of drug-likeness (QED) is 0.902. The summed E-state index contributed by atoms with van der Waals surface area (Å²) >= 11 is 0. The Kier molecular flexibility index (Phi) is 5.28. The van der Waals surface area contributed by atoms with Crippen LogP contribution in [0.2, 0.25) is 0 Å². The molecule has 1 aliphatic heterocycles. The summed E-state index contributed by atoms with van der Waals surface area (Å²) in [5, 5.41) is 2.98. The molecule has 0 spiro atoms. The van der Waals surface area contributed by atoms with Crippen molar-refractivity contribution in [3.8, 4) is 0 Å². The highest BCUT2D eigenvalue weighted by Crippen LogP contribution is 2.14. The molecule has 2 aromatic rings. The number of hydrogen-bond acceptors (Lipinski definition) is 2. The van der Waals surface area contributed by atoms with Crippen molar-refractivity contribution in [2.75, 3.05) is 31.6 Å². The summed E-state index contributed by atoms with van der Waals surface area (Å²) in [6, 6.07) is 14.0. The number of rotatable bonds is 4. The van der Waals surface area contributed by atoms with Gasteiger partial charge in [-0.15, -0.1) is 0 Å². The number of aryl methyl sites for hydroxylation is 2. The minimum absolute atomic E-state index is 0.0564. The van der Waals surface area contributed by atoms with E-state index in [0.29, 0.717) is 0 Å². The van der Waals surface area contributed by atoms with E-state index in [2.05, 4.69) is 17.4 Å². The predicted octanol–water partition coefficient (Wildman–Crippen LogP) is 1.97. The standard InChI is InChI=1S/C20H24N2O2/c1-15-3-8-19(16(2)13-15)20(23)21-18-6-4-17(5-7-18)14-22-9-11-24-12-10-22/h3-8,13H,9-12,14H2,1-2H3,(H,21,23)/p+1. The number of carbonyl (C=O) groups excluding carboxylic acids is 1. The number of quaternary nitrogens is 1. The van der Waals surface area contributed by atoms with Gasteiger partial charge in [0.1, 0.15) is 19.6 Å². The SMILES string of the molecule is Cc1ccc(C(=O)Nc2ccc(C[NH+]3CCOCC3)cc2)c(C)c1. The van der Waals surface area contributed by atoms with Crippen LogP contribution in [0.15, 0.2) is 42.5 Å². The van der Waals surface area contributed by atoms with Crippen molar-refractivity contribution in [2.45, 2.75) is 20.4 Å². The van der Waals surface area contributed by atoms with Crippen molar-refractivity contribution in [1.82, 2.24) is 0 Å². The van der Waals surface area contributed by atoms with Gasteiger partial charge in [0.2, 0.25) is 0 Å². The lowest BCUT2D eigenvalue weighted by Crippen LogP contribution is -3.12. The molecule has 0 aliphatic carbocycles. The van der Waals surface area contributed by atoms with E-state index < -0.39 is 0 Å². The molecular formula is C20H25N2O2+. The van der Waals surface area contributed by atoms with E-state index in [9.17, 15) is 4.79 Å². The number of hydrogen-bond donors (Lipinski definition) is 2. The van der Waals surface area contributed by atoms with Gasteiger partial charge in [0, 0.05) is 16.8 Å². The van der Waals surface area contributed by atoms with E-state index in [1.165, 1.54) is 11.1 Å². The average molecular weight is 325 g/mol. The van der Waals surface area contributed by atoms with Gasteiger partial charge in [0.15, 0.2) is 0 Å². The zero-order valence-electron chi connectivity index (χ0n) is 14.4. The summed E-state index contributed by atoms with van der Waals surface area (Å²) in [7, 11) is 0. The van der Waals surface area contributed by atoms with Crippen LogP contribution in [0.5, 0.6) is 0 Å². The molecule has 4 nitrogen and oxygen atoms in total. The van der Waals surface area contributed by atoms with Gasteiger partial charge in [-0.2, -0.15) is 0 Å². The Bertz CT molecular complexity index is 704. The van der Waals surface area contributed by atoms with Crippen LogP contribution in [-0.2, 0) is 11.3 Å². The molecule has 0 aromatic heterocycles. The zero-order chi connectivity index (χ0) is 16.9. The molecule has 0 unspecified atom stereocenters. The second-order valence-corrected chi connectivity index (χ2v) is 6.51. The van der Waals surface area contributed by atoms with Gasteiger partial charge >= 0.3 is 0 Å². The first-order valence-corrected chi connectivity index (χ1v) is 8.51. The van der Waals surface area contributed by atoms with Crippen LogP contribution in [-0.4, -0.2) is 32.2 Å². The van der Waals surface area contributed by atoms with Crippen LogP contribution in [0, 0.1) is 13.8 Å². The number of ether oxygens (including phenoxy) is 1. The monoisotopic (exact) mass is 325 g/mol. The van der Waals surface area contributed by atoms with E-state index in [1.54, 1.807) is 4.90 Å². The van der Waals surface area contributed by atoms with E-state index in [4.69, 9.17) is 4.74 Å². The van der Waals surface area contributed by atoms with E-state index in [0.717, 1.165) is 49.7 Å². The molecule has 0 atom stereocenters. The van der Waals surface area contributed by atoms with Crippen molar-refractivity contribution in [3.05, 3.63) is 64.7 Å². The van der Waals surface area contributed by atoms with Crippen LogP contribution in [0.3, 0.4) is 0 Å². The maximum Gasteiger partial charge on any atom is 0.255 e. The Morgan fingerprint density at radius 3 is 2.46 bits per heavy atom. The average Bonchev–Trinajstić information content (AvgIpc) is 2.57. The largest absolute Gasteiger partial charge is 0.370 e. The summed E-state index contributed by atoms with van der Waals surface area (Å²) in [6.45, 7) is 8.82. The Labute approximate surface area is 143 Å². The third-order valence-electron chi connectivity index (χ3n) is 4.49. The van der Waals surface area contributed by atoms with Gasteiger partial charge in [-0.25, -0.2) is 0 Å². The maximum atomic E-state index is 12.4. The van der Waals surface area contributed by atoms with E-state index >= 15 is 0 Å². The van der Waals surface area contributed by atoms with E-state index in [-0.39, 0.29) is 5.91 Å². The molecule has 1 aliphatic rings. The molecule has 2 aromatic carbocycles. The normalized spacial score (nSPS) is 15.2. The van der Waals surface area contributed by atoms with Gasteiger partial charge in [-0.1, -0.05) is 29.8 Å². The third kappa shape index (κ3) is 4.22. The highest BCUT2D eigenvalue weighted by atomic mass is 16.5. The highest BCUT2D eigenvalue weighted by Gasteiger charge is 2.14. The fraction of sp³-hybridized carbons (Fsp3) is 0.350. The molecule has 0 saturated carbocycles. The van der Waals surface area contributed by atoms with Gasteiger partial charge in [-0.05, 0) is 37.6 Å². The predicted molar refractivity (Wildman–Crippen MR) is 95.5 cm³/mol. The zero-order valence-corrected chi connectivity index (χ0v) is 14.4. The summed E-state index contributed by atoms with van der Waals surface area (Å²) in [4.78, 5) is 14.0. The lowest BCUT2D eigenvalue weighted by atomic mass is 10.1. The molecule has 3 rings (SSSR count). The van der Waals surface area contributed by atoms with Crippen LogP contribution >= 0.6 is 0 Å². The molecule has 24 heavy (non-hydrogen) atoms. The Morgan fingerprint density at radius 2 is 1.79 bits per heavy atom. The van der Waals surface area contributed by atoms with Gasteiger partial charge in [0.25, 0.3) is 5.91 Å². The molecule has 2 N–H and O–H groups in total. The number of carbonyl (C=O) groups is 1. The first-order valence-electron chi connectivity index (χ1n) is 8.51.